The number of carboxylic acid groups (broad SMARTS) is 1. The van der Waals surface area contributed by atoms with Gasteiger partial charge >= 0.3 is 5.97 Å². The lowest BCUT2D eigenvalue weighted by atomic mass is 10.1. The summed E-state index contributed by atoms with van der Waals surface area (Å²) in [7, 11) is 0. The Hall–Kier alpha value is -3.52. The van der Waals surface area contributed by atoms with E-state index in [9.17, 15) is 14.7 Å². The van der Waals surface area contributed by atoms with Crippen LogP contribution in [0.1, 0.15) is 58.5 Å². The van der Waals surface area contributed by atoms with Gasteiger partial charge in [-0.2, -0.15) is 9.78 Å². The van der Waals surface area contributed by atoms with Crippen LogP contribution in [0.2, 0.25) is 0 Å². The summed E-state index contributed by atoms with van der Waals surface area (Å²) in [5.41, 5.74) is 5.12. The van der Waals surface area contributed by atoms with Gasteiger partial charge in [0.2, 0.25) is 0 Å². The van der Waals surface area contributed by atoms with Crippen LogP contribution >= 0.6 is 15.9 Å². The summed E-state index contributed by atoms with van der Waals surface area (Å²) in [6.45, 7) is 7.97. The van der Waals surface area contributed by atoms with Gasteiger partial charge in [0.05, 0.1) is 22.7 Å². The molecule has 8 heteroatoms. The van der Waals surface area contributed by atoms with E-state index in [2.05, 4.69) is 28.0 Å². The number of aromatic nitrogens is 3. The fourth-order valence-corrected chi connectivity index (χ4v) is 4.56. The van der Waals surface area contributed by atoms with Crippen molar-refractivity contribution in [1.29, 1.82) is 0 Å². The number of fused-ring (bicyclic) bond motifs is 1. The molecule has 0 amide bonds. The van der Waals surface area contributed by atoms with Crippen molar-refractivity contribution in [2.75, 3.05) is 0 Å². The Morgan fingerprint density at radius 2 is 1.91 bits per heavy atom. The quantitative estimate of drug-likeness (QED) is 0.303. The minimum Gasteiger partial charge on any atom is -0.478 e. The highest BCUT2D eigenvalue weighted by atomic mass is 79.9. The second-order valence-corrected chi connectivity index (χ2v) is 9.54. The van der Waals surface area contributed by atoms with Crippen molar-refractivity contribution in [3.63, 3.8) is 0 Å². The molecule has 2 aromatic heterocycles. The minimum absolute atomic E-state index is 0.211. The maximum absolute atomic E-state index is 13.3. The molecule has 0 radical (unpaired) electrons. The molecule has 180 valence electrons. The van der Waals surface area contributed by atoms with E-state index in [-0.39, 0.29) is 11.1 Å². The number of carboxylic acids is 1. The Morgan fingerprint density at radius 1 is 1.14 bits per heavy atom. The molecule has 0 saturated heterocycles. The zero-order valence-electron chi connectivity index (χ0n) is 20.2. The Bertz CT molecular complexity index is 1530. The van der Waals surface area contributed by atoms with Crippen LogP contribution < -0.4 is 5.56 Å². The third-order valence-corrected chi connectivity index (χ3v) is 6.60. The SMILES string of the molecule is CCCCc1nc2ccc(Br)cc2c(=O)n1N=Cc1cc(C)n(-c2cc(C(=O)O)ccc2C)c1C. The predicted octanol–water partition coefficient (Wildman–Crippen LogP) is 5.80. The van der Waals surface area contributed by atoms with Crippen LogP contribution in [0.4, 0.5) is 0 Å². The molecular weight excluding hydrogens is 508 g/mol. The Kier molecular flexibility index (Phi) is 7.03. The highest BCUT2D eigenvalue weighted by Gasteiger charge is 2.15. The molecule has 0 aliphatic heterocycles. The molecule has 2 aromatic carbocycles. The van der Waals surface area contributed by atoms with E-state index in [4.69, 9.17) is 4.98 Å². The van der Waals surface area contributed by atoms with Crippen LogP contribution in [0.25, 0.3) is 16.6 Å². The number of hydrogen-bond acceptors (Lipinski definition) is 4. The van der Waals surface area contributed by atoms with Gasteiger partial charge in [-0.25, -0.2) is 9.78 Å². The van der Waals surface area contributed by atoms with Crippen LogP contribution in [0.15, 0.2) is 56.8 Å². The Morgan fingerprint density at radius 3 is 2.63 bits per heavy atom. The fourth-order valence-electron chi connectivity index (χ4n) is 4.20. The molecule has 0 atom stereocenters. The smallest absolute Gasteiger partial charge is 0.335 e. The van der Waals surface area contributed by atoms with Crippen molar-refractivity contribution in [1.82, 2.24) is 14.2 Å². The van der Waals surface area contributed by atoms with Crippen LogP contribution in [0, 0.1) is 20.8 Å². The molecule has 4 rings (SSSR count). The fraction of sp³-hybridized carbons (Fsp3) is 0.259. The second-order valence-electron chi connectivity index (χ2n) is 8.62. The van der Waals surface area contributed by atoms with Crippen molar-refractivity contribution in [2.45, 2.75) is 47.0 Å². The second kappa shape index (κ2) is 10.00. The molecule has 7 nitrogen and oxygen atoms in total. The van der Waals surface area contributed by atoms with Crippen molar-refractivity contribution < 1.29 is 9.90 Å². The van der Waals surface area contributed by atoms with Crippen LogP contribution in [0.5, 0.6) is 0 Å². The van der Waals surface area contributed by atoms with Crippen LogP contribution in [-0.2, 0) is 6.42 Å². The molecule has 2 heterocycles. The van der Waals surface area contributed by atoms with Gasteiger partial charge < -0.3 is 9.67 Å². The number of rotatable bonds is 7. The maximum Gasteiger partial charge on any atom is 0.335 e. The van der Waals surface area contributed by atoms with E-state index in [0.29, 0.717) is 23.1 Å². The number of aryl methyl sites for hydroxylation is 3. The first-order chi connectivity index (χ1) is 16.7. The monoisotopic (exact) mass is 534 g/mol. The summed E-state index contributed by atoms with van der Waals surface area (Å²) in [6.07, 6.45) is 4.21. The zero-order valence-corrected chi connectivity index (χ0v) is 21.8. The molecule has 4 aromatic rings. The first-order valence-corrected chi connectivity index (χ1v) is 12.3. The molecule has 0 aliphatic carbocycles. The number of carbonyl (C=O) groups is 1. The molecule has 1 N–H and O–H groups in total. The minimum atomic E-state index is -0.968. The number of aromatic carboxylic acids is 1. The van der Waals surface area contributed by atoms with Gasteiger partial charge in [-0.3, -0.25) is 4.79 Å². The summed E-state index contributed by atoms with van der Waals surface area (Å²) in [6, 6.07) is 12.6. The summed E-state index contributed by atoms with van der Waals surface area (Å²) in [4.78, 5) is 29.6. The normalized spacial score (nSPS) is 11.6. The molecule has 0 fully saturated rings. The van der Waals surface area contributed by atoms with Gasteiger partial charge in [-0.1, -0.05) is 35.3 Å². The first-order valence-electron chi connectivity index (χ1n) is 11.5. The van der Waals surface area contributed by atoms with Crippen molar-refractivity contribution in [3.8, 4) is 5.69 Å². The van der Waals surface area contributed by atoms with Crippen molar-refractivity contribution >= 4 is 39.0 Å². The highest BCUT2D eigenvalue weighted by Crippen LogP contribution is 2.24. The van der Waals surface area contributed by atoms with E-state index in [1.165, 1.54) is 4.68 Å². The molecule has 0 saturated carbocycles. The van der Waals surface area contributed by atoms with Crippen LogP contribution in [0.3, 0.4) is 0 Å². The largest absolute Gasteiger partial charge is 0.478 e. The van der Waals surface area contributed by atoms with Gasteiger partial charge in [0.1, 0.15) is 5.82 Å². The summed E-state index contributed by atoms with van der Waals surface area (Å²) in [5.74, 6) is -0.341. The number of unbranched alkanes of at least 4 members (excludes halogenated alkanes) is 1. The Balaban J connectivity index is 1.82. The van der Waals surface area contributed by atoms with Crippen molar-refractivity contribution in [3.05, 3.63) is 91.2 Å². The highest BCUT2D eigenvalue weighted by molar-refractivity contribution is 9.10. The molecule has 35 heavy (non-hydrogen) atoms. The third kappa shape index (κ3) is 4.84. The van der Waals surface area contributed by atoms with Gasteiger partial charge in [0.15, 0.2) is 0 Å². The summed E-state index contributed by atoms with van der Waals surface area (Å²) in [5, 5.41) is 14.5. The van der Waals surface area contributed by atoms with E-state index in [1.807, 2.05) is 49.6 Å². The molecule has 0 unspecified atom stereocenters. The average molecular weight is 535 g/mol. The maximum atomic E-state index is 13.3. The molecule has 0 bridgehead atoms. The Labute approximate surface area is 211 Å². The zero-order chi connectivity index (χ0) is 25.3. The third-order valence-electron chi connectivity index (χ3n) is 6.11. The standard InChI is InChI=1S/C27H27BrN4O3/c1-5-6-7-25-30-23-11-10-21(28)14-22(23)26(33)32(25)29-15-20-12-17(3)31(18(20)4)24-13-19(27(34)35)9-8-16(24)2/h8-15H,5-7H2,1-4H3,(H,34,35). The molecular formula is C27H27BrN4O3. The van der Waals surface area contributed by atoms with E-state index in [0.717, 1.165) is 45.5 Å². The van der Waals surface area contributed by atoms with Gasteiger partial charge in [-0.15, -0.1) is 0 Å². The number of benzene rings is 2. The topological polar surface area (TPSA) is 89.5 Å². The lowest BCUT2D eigenvalue weighted by Gasteiger charge is -2.13. The lowest BCUT2D eigenvalue weighted by Crippen LogP contribution is -2.22. The number of hydrogen-bond donors (Lipinski definition) is 1. The molecule has 0 spiro atoms. The van der Waals surface area contributed by atoms with Gasteiger partial charge in [0.25, 0.3) is 5.56 Å². The molecule has 0 aliphatic rings. The lowest BCUT2D eigenvalue weighted by molar-refractivity contribution is 0.0697. The first kappa shape index (κ1) is 24.6. The summed E-state index contributed by atoms with van der Waals surface area (Å²) < 4.78 is 4.22. The predicted molar refractivity (Wildman–Crippen MR) is 142 cm³/mol. The van der Waals surface area contributed by atoms with E-state index >= 15 is 0 Å². The number of nitrogens with zero attached hydrogens (tertiary/aromatic N) is 4. The number of halogens is 1. The van der Waals surface area contributed by atoms with Gasteiger partial charge in [0, 0.05) is 33.5 Å². The average Bonchev–Trinajstić information content (AvgIpc) is 3.10. The van der Waals surface area contributed by atoms with Gasteiger partial charge in [-0.05, 0) is 69.2 Å². The van der Waals surface area contributed by atoms with Crippen LogP contribution in [-0.4, -0.2) is 31.5 Å². The van der Waals surface area contributed by atoms with E-state index < -0.39 is 5.97 Å². The van der Waals surface area contributed by atoms with Crippen molar-refractivity contribution in [2.24, 2.45) is 5.10 Å². The van der Waals surface area contributed by atoms with E-state index in [1.54, 1.807) is 24.4 Å². The summed E-state index contributed by atoms with van der Waals surface area (Å²) >= 11 is 3.44.